The number of aliphatic hydroxyl groups excluding tert-OH is 2. The summed E-state index contributed by atoms with van der Waals surface area (Å²) >= 11 is 0. The molecule has 6 nitrogen and oxygen atoms in total. The number of amides is 1. The van der Waals surface area contributed by atoms with Crippen molar-refractivity contribution in [3.63, 3.8) is 0 Å². The molecule has 0 spiro atoms. The fourth-order valence-electron chi connectivity index (χ4n) is 9.52. The molecule has 71 heavy (non-hydrogen) atoms. The summed E-state index contributed by atoms with van der Waals surface area (Å²) in [5, 5.41) is 23.2. The van der Waals surface area contributed by atoms with Gasteiger partial charge in [0.1, 0.15) is 0 Å². The minimum Gasteiger partial charge on any atom is -0.466 e. The van der Waals surface area contributed by atoms with Gasteiger partial charge in [0, 0.05) is 12.8 Å². The summed E-state index contributed by atoms with van der Waals surface area (Å²) in [6.45, 7) is 4.91. The van der Waals surface area contributed by atoms with Crippen LogP contribution in [-0.4, -0.2) is 47.4 Å². The summed E-state index contributed by atoms with van der Waals surface area (Å²) in [5.74, 6) is -0.0372. The maximum Gasteiger partial charge on any atom is 0.305 e. The largest absolute Gasteiger partial charge is 0.466 e. The smallest absolute Gasteiger partial charge is 0.305 e. The minimum absolute atomic E-state index is 0.00252. The standard InChI is InChI=1S/C65H121NO5/c1-3-5-7-9-11-13-15-16-17-29-33-36-39-43-47-51-55-59-65(70)71-60-56-52-48-44-40-37-34-31-28-26-24-22-20-18-19-21-23-25-27-30-32-35-38-42-46-50-54-58-64(69)66-62(61-67)63(68)57-53-49-45-41-14-12-10-8-6-4-2/h11,13,16-19,22,24,62-63,67-68H,3-10,12,14-15,20-21,23,25-61H2,1-2H3,(H,66,69)/b13-11-,17-16-,19-18-,24-22-. The van der Waals surface area contributed by atoms with E-state index in [-0.39, 0.29) is 18.5 Å². The van der Waals surface area contributed by atoms with Crippen LogP contribution in [0.25, 0.3) is 0 Å². The Kier molecular flexibility index (Phi) is 58.5. The molecule has 0 aliphatic carbocycles. The number of esters is 1. The topological polar surface area (TPSA) is 95.9 Å². The third-order valence-electron chi connectivity index (χ3n) is 14.4. The molecule has 416 valence electrons. The van der Waals surface area contributed by atoms with Crippen LogP contribution < -0.4 is 5.32 Å². The van der Waals surface area contributed by atoms with Crippen molar-refractivity contribution in [1.82, 2.24) is 5.32 Å². The zero-order valence-corrected chi connectivity index (χ0v) is 47.5. The lowest BCUT2D eigenvalue weighted by Crippen LogP contribution is -2.45. The molecule has 0 saturated carbocycles. The number of hydrogen-bond donors (Lipinski definition) is 3. The monoisotopic (exact) mass is 996 g/mol. The Morgan fingerprint density at radius 3 is 1.10 bits per heavy atom. The number of carbonyl (C=O) groups excluding carboxylic acids is 2. The van der Waals surface area contributed by atoms with Crippen LogP contribution >= 0.6 is 0 Å². The van der Waals surface area contributed by atoms with E-state index >= 15 is 0 Å². The number of hydrogen-bond acceptors (Lipinski definition) is 5. The molecule has 0 radical (unpaired) electrons. The van der Waals surface area contributed by atoms with E-state index < -0.39 is 12.1 Å². The van der Waals surface area contributed by atoms with Gasteiger partial charge in [0.15, 0.2) is 0 Å². The molecule has 2 atom stereocenters. The summed E-state index contributed by atoms with van der Waals surface area (Å²) in [6, 6.07) is -0.543. The summed E-state index contributed by atoms with van der Waals surface area (Å²) in [7, 11) is 0. The first-order chi connectivity index (χ1) is 35.0. The summed E-state index contributed by atoms with van der Waals surface area (Å²) in [4.78, 5) is 24.5. The van der Waals surface area contributed by atoms with Crippen molar-refractivity contribution in [2.45, 2.75) is 341 Å². The number of aliphatic hydroxyl groups is 2. The molecule has 0 aliphatic rings. The predicted octanol–water partition coefficient (Wildman–Crippen LogP) is 19.7. The van der Waals surface area contributed by atoms with Crippen LogP contribution in [0, 0.1) is 0 Å². The summed E-state index contributed by atoms with van der Waals surface area (Å²) < 4.78 is 5.49. The van der Waals surface area contributed by atoms with Crippen molar-refractivity contribution < 1.29 is 24.5 Å². The number of allylic oxidation sites excluding steroid dienone is 8. The lowest BCUT2D eigenvalue weighted by Gasteiger charge is -2.22. The SMILES string of the molecule is CCCCC/C=C\C/C=C\CCCCCCCCCC(=O)OCCCCCCCCCCC/C=C\C/C=C\CCCCCCCCCCCCCC(=O)NC(CO)C(O)CCCCCCCCCCCC. The Morgan fingerprint density at radius 1 is 0.394 bits per heavy atom. The maximum absolute atomic E-state index is 12.4. The highest BCUT2D eigenvalue weighted by Crippen LogP contribution is 2.17. The van der Waals surface area contributed by atoms with Gasteiger partial charge < -0.3 is 20.3 Å². The Hall–Kier alpha value is -2.18. The van der Waals surface area contributed by atoms with Crippen LogP contribution in [0.15, 0.2) is 48.6 Å². The van der Waals surface area contributed by atoms with Crippen molar-refractivity contribution in [3.8, 4) is 0 Å². The Morgan fingerprint density at radius 2 is 0.704 bits per heavy atom. The minimum atomic E-state index is -0.665. The van der Waals surface area contributed by atoms with Crippen LogP contribution in [0.5, 0.6) is 0 Å². The van der Waals surface area contributed by atoms with E-state index in [2.05, 4.69) is 67.8 Å². The molecule has 0 bridgehead atoms. The quantitative estimate of drug-likeness (QED) is 0.0321. The molecule has 0 aromatic heterocycles. The van der Waals surface area contributed by atoms with Gasteiger partial charge in [-0.2, -0.15) is 0 Å². The molecule has 0 aliphatic heterocycles. The molecule has 0 heterocycles. The van der Waals surface area contributed by atoms with Crippen molar-refractivity contribution >= 4 is 11.9 Å². The number of carbonyl (C=O) groups is 2. The fourth-order valence-corrected chi connectivity index (χ4v) is 9.52. The average Bonchev–Trinajstić information content (AvgIpc) is 3.37. The molecular formula is C65H121NO5. The molecule has 0 saturated heterocycles. The lowest BCUT2D eigenvalue weighted by atomic mass is 10.0. The third kappa shape index (κ3) is 57.0. The van der Waals surface area contributed by atoms with Gasteiger partial charge in [0.2, 0.25) is 5.91 Å². The number of nitrogens with one attached hydrogen (secondary N) is 1. The van der Waals surface area contributed by atoms with Crippen LogP contribution in [-0.2, 0) is 14.3 Å². The third-order valence-corrected chi connectivity index (χ3v) is 14.4. The van der Waals surface area contributed by atoms with Crippen LogP contribution in [0.1, 0.15) is 328 Å². The molecule has 2 unspecified atom stereocenters. The van der Waals surface area contributed by atoms with E-state index in [1.807, 2.05) is 0 Å². The van der Waals surface area contributed by atoms with Crippen LogP contribution in [0.3, 0.4) is 0 Å². The number of rotatable bonds is 58. The Balaban J connectivity index is 3.40. The van der Waals surface area contributed by atoms with Gasteiger partial charge in [-0.15, -0.1) is 0 Å². The second-order valence-corrected chi connectivity index (χ2v) is 21.4. The summed E-state index contributed by atoms with van der Waals surface area (Å²) in [6.07, 6.45) is 77.0. The van der Waals surface area contributed by atoms with Crippen molar-refractivity contribution in [1.29, 1.82) is 0 Å². The summed E-state index contributed by atoms with van der Waals surface area (Å²) in [5.41, 5.74) is 0. The van der Waals surface area contributed by atoms with Crippen LogP contribution in [0.4, 0.5) is 0 Å². The molecule has 0 fully saturated rings. The molecule has 6 heteroatoms. The van der Waals surface area contributed by atoms with Crippen molar-refractivity contribution in [2.24, 2.45) is 0 Å². The first-order valence-electron chi connectivity index (χ1n) is 31.4. The molecule has 0 rings (SSSR count). The highest BCUT2D eigenvalue weighted by atomic mass is 16.5. The Labute approximate surface area is 442 Å². The van der Waals surface area contributed by atoms with Gasteiger partial charge in [-0.05, 0) is 89.9 Å². The van der Waals surface area contributed by atoms with E-state index in [0.29, 0.717) is 25.9 Å². The van der Waals surface area contributed by atoms with Gasteiger partial charge in [0.25, 0.3) is 0 Å². The van der Waals surface area contributed by atoms with E-state index in [1.165, 1.54) is 238 Å². The zero-order valence-electron chi connectivity index (χ0n) is 47.5. The fraction of sp³-hybridized carbons (Fsp3) is 0.846. The van der Waals surface area contributed by atoms with E-state index in [0.717, 1.165) is 57.8 Å². The van der Waals surface area contributed by atoms with Crippen LogP contribution in [0.2, 0.25) is 0 Å². The molecule has 3 N–H and O–H groups in total. The first-order valence-corrected chi connectivity index (χ1v) is 31.4. The van der Waals surface area contributed by atoms with Gasteiger partial charge in [-0.3, -0.25) is 9.59 Å². The predicted molar refractivity (Wildman–Crippen MR) is 310 cm³/mol. The number of unbranched alkanes of at least 4 members (excludes halogenated alkanes) is 39. The molecule has 0 aromatic rings. The highest BCUT2D eigenvalue weighted by Gasteiger charge is 2.20. The lowest BCUT2D eigenvalue weighted by molar-refractivity contribution is -0.143. The highest BCUT2D eigenvalue weighted by molar-refractivity contribution is 5.76. The van der Waals surface area contributed by atoms with Crippen molar-refractivity contribution in [2.75, 3.05) is 13.2 Å². The normalized spacial score (nSPS) is 12.9. The average molecular weight is 997 g/mol. The van der Waals surface area contributed by atoms with Gasteiger partial charge in [-0.25, -0.2) is 0 Å². The Bertz CT molecular complexity index is 1190. The van der Waals surface area contributed by atoms with Crippen molar-refractivity contribution in [3.05, 3.63) is 48.6 Å². The molecular weight excluding hydrogens is 875 g/mol. The maximum atomic E-state index is 12.4. The van der Waals surface area contributed by atoms with E-state index in [4.69, 9.17) is 4.74 Å². The zero-order chi connectivity index (χ0) is 51.4. The second kappa shape index (κ2) is 60.4. The van der Waals surface area contributed by atoms with E-state index in [9.17, 15) is 19.8 Å². The number of ether oxygens (including phenoxy) is 1. The molecule has 0 aromatic carbocycles. The van der Waals surface area contributed by atoms with Gasteiger partial charge >= 0.3 is 5.97 Å². The van der Waals surface area contributed by atoms with Gasteiger partial charge in [-0.1, -0.05) is 274 Å². The molecule has 1 amide bonds. The van der Waals surface area contributed by atoms with Gasteiger partial charge in [0.05, 0.1) is 25.4 Å². The first kappa shape index (κ1) is 68.8. The second-order valence-electron chi connectivity index (χ2n) is 21.4. The van der Waals surface area contributed by atoms with E-state index in [1.54, 1.807) is 0 Å².